The van der Waals surface area contributed by atoms with E-state index in [2.05, 4.69) is 5.32 Å². The van der Waals surface area contributed by atoms with Crippen molar-refractivity contribution >= 4 is 11.8 Å². The molecule has 1 fully saturated rings. The van der Waals surface area contributed by atoms with E-state index in [1.165, 1.54) is 0 Å². The number of nitrogens with zero attached hydrogens (tertiary/aromatic N) is 1. The second-order valence-electron chi connectivity index (χ2n) is 6.26. The van der Waals surface area contributed by atoms with Gasteiger partial charge in [0.15, 0.2) is 0 Å². The molecule has 0 aliphatic carbocycles. The van der Waals surface area contributed by atoms with Crippen LogP contribution in [0.3, 0.4) is 0 Å². The number of nitrogens with one attached hydrogen (secondary N) is 1. The van der Waals surface area contributed by atoms with Crippen LogP contribution in [0.1, 0.15) is 33.1 Å². The minimum Gasteiger partial charge on any atom is -0.497 e. The van der Waals surface area contributed by atoms with Crippen molar-refractivity contribution in [1.82, 2.24) is 10.2 Å². The number of ether oxygens (including phenoxy) is 1. The van der Waals surface area contributed by atoms with Crippen LogP contribution in [0, 0.1) is 13.8 Å². The summed E-state index contributed by atoms with van der Waals surface area (Å²) < 4.78 is 5.17. The second-order valence-corrected chi connectivity index (χ2v) is 6.26. The fraction of sp³-hybridized carbons (Fsp3) is 0.300. The molecule has 1 aliphatic heterocycles. The first-order valence-corrected chi connectivity index (χ1v) is 8.31. The van der Waals surface area contributed by atoms with Crippen LogP contribution in [0.4, 0.5) is 0 Å². The van der Waals surface area contributed by atoms with Gasteiger partial charge in [0.2, 0.25) is 5.91 Å². The van der Waals surface area contributed by atoms with E-state index in [4.69, 9.17) is 4.74 Å². The molecule has 1 saturated heterocycles. The minimum absolute atomic E-state index is 0.126. The van der Waals surface area contributed by atoms with Gasteiger partial charge in [-0.05, 0) is 54.8 Å². The molecule has 1 atom stereocenters. The Morgan fingerprint density at radius 3 is 2.48 bits per heavy atom. The summed E-state index contributed by atoms with van der Waals surface area (Å²) in [7, 11) is 1.60. The van der Waals surface area contributed by atoms with Gasteiger partial charge in [0.25, 0.3) is 5.91 Å². The molecule has 2 aromatic carbocycles. The molecule has 1 N–H and O–H groups in total. The highest BCUT2D eigenvalue weighted by atomic mass is 16.5. The van der Waals surface area contributed by atoms with Crippen molar-refractivity contribution in [1.29, 1.82) is 0 Å². The van der Waals surface area contributed by atoms with Gasteiger partial charge in [-0.15, -0.1) is 0 Å². The van der Waals surface area contributed by atoms with Crippen molar-refractivity contribution in [2.75, 3.05) is 20.2 Å². The number of rotatable bonds is 3. The standard InChI is InChI=1S/C20H22N2O3/c1-13-4-5-16(12-14(13)2)20(24)22-11-10-21-19(23)18(22)15-6-8-17(25-3)9-7-15/h4-9,12,18H,10-11H2,1-3H3,(H,21,23). The van der Waals surface area contributed by atoms with Gasteiger partial charge in [-0.2, -0.15) is 0 Å². The van der Waals surface area contributed by atoms with E-state index in [0.717, 1.165) is 16.7 Å². The molecule has 0 saturated carbocycles. The Hall–Kier alpha value is -2.82. The van der Waals surface area contributed by atoms with E-state index in [1.807, 2.05) is 44.2 Å². The van der Waals surface area contributed by atoms with Crippen LogP contribution < -0.4 is 10.1 Å². The normalized spacial score (nSPS) is 17.2. The highest BCUT2D eigenvalue weighted by Crippen LogP contribution is 2.27. The molecule has 5 nitrogen and oxygen atoms in total. The van der Waals surface area contributed by atoms with E-state index < -0.39 is 6.04 Å². The maximum atomic E-state index is 13.0. The van der Waals surface area contributed by atoms with Crippen LogP contribution in [0.5, 0.6) is 5.75 Å². The van der Waals surface area contributed by atoms with Crippen molar-refractivity contribution in [3.05, 3.63) is 64.7 Å². The Bertz CT molecular complexity index is 799. The average Bonchev–Trinajstić information content (AvgIpc) is 2.63. The van der Waals surface area contributed by atoms with Crippen LogP contribution in [0.15, 0.2) is 42.5 Å². The van der Waals surface area contributed by atoms with E-state index in [-0.39, 0.29) is 11.8 Å². The number of hydrogen-bond donors (Lipinski definition) is 1. The lowest BCUT2D eigenvalue weighted by Gasteiger charge is -2.35. The third-order valence-corrected chi connectivity index (χ3v) is 4.66. The molecule has 1 aliphatic rings. The molecule has 3 rings (SSSR count). The van der Waals surface area contributed by atoms with Gasteiger partial charge >= 0.3 is 0 Å². The first kappa shape index (κ1) is 17.0. The van der Waals surface area contributed by atoms with E-state index in [0.29, 0.717) is 24.4 Å². The molecule has 5 heteroatoms. The Morgan fingerprint density at radius 1 is 1.12 bits per heavy atom. The van der Waals surface area contributed by atoms with Crippen LogP contribution >= 0.6 is 0 Å². The molecule has 25 heavy (non-hydrogen) atoms. The van der Waals surface area contributed by atoms with Gasteiger partial charge in [-0.25, -0.2) is 0 Å². The van der Waals surface area contributed by atoms with Crippen molar-refractivity contribution in [3.63, 3.8) is 0 Å². The number of hydrogen-bond acceptors (Lipinski definition) is 3. The van der Waals surface area contributed by atoms with Gasteiger partial charge in [0.1, 0.15) is 11.8 Å². The molecular weight excluding hydrogens is 316 g/mol. The molecular formula is C20H22N2O3. The van der Waals surface area contributed by atoms with Crippen molar-refractivity contribution < 1.29 is 14.3 Å². The minimum atomic E-state index is -0.631. The Kier molecular flexibility index (Phi) is 4.74. The highest BCUT2D eigenvalue weighted by molar-refractivity contribution is 5.98. The molecule has 0 aromatic heterocycles. The number of methoxy groups -OCH3 is 1. The van der Waals surface area contributed by atoms with Crippen LogP contribution in [-0.4, -0.2) is 36.9 Å². The Morgan fingerprint density at radius 2 is 1.84 bits per heavy atom. The van der Waals surface area contributed by atoms with Crippen molar-refractivity contribution in [3.8, 4) is 5.75 Å². The van der Waals surface area contributed by atoms with E-state index >= 15 is 0 Å². The smallest absolute Gasteiger partial charge is 0.254 e. The van der Waals surface area contributed by atoms with Crippen LogP contribution in [-0.2, 0) is 4.79 Å². The quantitative estimate of drug-likeness (QED) is 0.936. The van der Waals surface area contributed by atoms with Gasteiger partial charge < -0.3 is 15.0 Å². The predicted octanol–water partition coefficient (Wildman–Crippen LogP) is 2.63. The summed E-state index contributed by atoms with van der Waals surface area (Å²) in [5.74, 6) is 0.430. The van der Waals surface area contributed by atoms with Crippen molar-refractivity contribution in [2.45, 2.75) is 19.9 Å². The summed E-state index contributed by atoms with van der Waals surface area (Å²) >= 11 is 0. The number of benzene rings is 2. The third-order valence-electron chi connectivity index (χ3n) is 4.66. The SMILES string of the molecule is COc1ccc(C2C(=O)NCCN2C(=O)c2ccc(C)c(C)c2)cc1. The Labute approximate surface area is 147 Å². The zero-order valence-corrected chi connectivity index (χ0v) is 14.7. The fourth-order valence-corrected chi connectivity index (χ4v) is 3.04. The van der Waals surface area contributed by atoms with Crippen molar-refractivity contribution in [2.24, 2.45) is 0 Å². The zero-order chi connectivity index (χ0) is 18.0. The zero-order valence-electron chi connectivity index (χ0n) is 14.7. The molecule has 0 spiro atoms. The summed E-state index contributed by atoms with van der Waals surface area (Å²) in [4.78, 5) is 27.2. The predicted molar refractivity (Wildman–Crippen MR) is 95.7 cm³/mol. The van der Waals surface area contributed by atoms with Gasteiger partial charge in [-0.1, -0.05) is 18.2 Å². The summed E-state index contributed by atoms with van der Waals surface area (Å²) in [6, 6.07) is 12.3. The monoisotopic (exact) mass is 338 g/mol. The lowest BCUT2D eigenvalue weighted by molar-refractivity contribution is -0.128. The molecule has 1 unspecified atom stereocenters. The molecule has 130 valence electrons. The van der Waals surface area contributed by atoms with E-state index in [1.54, 1.807) is 24.1 Å². The maximum absolute atomic E-state index is 13.0. The average molecular weight is 338 g/mol. The number of amides is 2. The van der Waals surface area contributed by atoms with Crippen LogP contribution in [0.25, 0.3) is 0 Å². The number of carbonyl (C=O) groups excluding carboxylic acids is 2. The summed E-state index contributed by atoms with van der Waals surface area (Å²) in [5.41, 5.74) is 3.58. The lowest BCUT2D eigenvalue weighted by atomic mass is 10.00. The summed E-state index contributed by atoms with van der Waals surface area (Å²) in [6.45, 7) is 4.93. The maximum Gasteiger partial charge on any atom is 0.254 e. The largest absolute Gasteiger partial charge is 0.497 e. The van der Waals surface area contributed by atoms with E-state index in [9.17, 15) is 9.59 Å². The molecule has 0 bridgehead atoms. The fourth-order valence-electron chi connectivity index (χ4n) is 3.04. The third kappa shape index (κ3) is 3.36. The summed E-state index contributed by atoms with van der Waals surface area (Å²) in [6.07, 6.45) is 0. The number of aryl methyl sites for hydroxylation is 2. The molecule has 2 aromatic rings. The molecule has 0 radical (unpaired) electrons. The first-order valence-electron chi connectivity index (χ1n) is 8.31. The van der Waals surface area contributed by atoms with Crippen LogP contribution in [0.2, 0.25) is 0 Å². The first-order chi connectivity index (χ1) is 12.0. The van der Waals surface area contributed by atoms with Gasteiger partial charge in [0.05, 0.1) is 7.11 Å². The van der Waals surface area contributed by atoms with Gasteiger partial charge in [0, 0.05) is 18.7 Å². The van der Waals surface area contributed by atoms with Gasteiger partial charge in [-0.3, -0.25) is 9.59 Å². The molecule has 1 heterocycles. The second kappa shape index (κ2) is 6.97. The highest BCUT2D eigenvalue weighted by Gasteiger charge is 2.34. The number of piperazine rings is 1. The topological polar surface area (TPSA) is 58.6 Å². The molecule has 2 amide bonds. The number of carbonyl (C=O) groups is 2. The lowest BCUT2D eigenvalue weighted by Crippen LogP contribution is -2.52. The summed E-state index contributed by atoms with van der Waals surface area (Å²) in [5, 5.41) is 2.85. The Balaban J connectivity index is 1.94.